The average Bonchev–Trinajstić information content (AvgIpc) is 2.25. The first-order chi connectivity index (χ1) is 7.27. The highest BCUT2D eigenvalue weighted by Gasteiger charge is 1.99. The second-order valence-electron chi connectivity index (χ2n) is 2.73. The summed E-state index contributed by atoms with van der Waals surface area (Å²) in [6.45, 7) is 0. The van der Waals surface area contributed by atoms with Gasteiger partial charge in [0.2, 0.25) is 0 Å². The quantitative estimate of drug-likeness (QED) is 0.428. The third kappa shape index (κ3) is 3.20. The van der Waals surface area contributed by atoms with Crippen LogP contribution in [0.15, 0.2) is 36.4 Å². The number of benzene rings is 1. The molecule has 1 aromatic carbocycles. The van der Waals surface area contributed by atoms with E-state index in [2.05, 4.69) is 0 Å². The van der Waals surface area contributed by atoms with Gasteiger partial charge in [-0.3, -0.25) is 4.79 Å². The van der Waals surface area contributed by atoms with Crippen LogP contribution in [-0.4, -0.2) is 6.29 Å². The topological polar surface area (TPSA) is 40.9 Å². The molecule has 0 saturated heterocycles. The van der Waals surface area contributed by atoms with Gasteiger partial charge in [0.25, 0.3) is 0 Å². The Morgan fingerprint density at radius 1 is 1.27 bits per heavy atom. The maximum Gasteiger partial charge on any atom is 0.142 e. The van der Waals surface area contributed by atoms with Crippen LogP contribution in [0.3, 0.4) is 0 Å². The zero-order valence-corrected chi connectivity index (χ0v) is 7.85. The molecule has 15 heavy (non-hydrogen) atoms. The van der Waals surface area contributed by atoms with Crippen molar-refractivity contribution in [2.45, 2.75) is 0 Å². The number of carbonyl (C=O) groups excluding carboxylic acids is 1. The van der Waals surface area contributed by atoms with Crippen molar-refractivity contribution in [3.8, 4) is 6.07 Å². The first-order valence-corrected chi connectivity index (χ1v) is 4.26. The lowest BCUT2D eigenvalue weighted by molar-refractivity contribution is -0.104. The maximum absolute atomic E-state index is 13.1. The summed E-state index contributed by atoms with van der Waals surface area (Å²) >= 11 is 0. The summed E-state index contributed by atoms with van der Waals surface area (Å²) in [4.78, 5) is 9.94. The molecule has 0 aliphatic rings. The normalized spacial score (nSPS) is 10.7. The number of nitrogens with zero attached hydrogens (tertiary/aromatic N) is 1. The summed E-state index contributed by atoms with van der Waals surface area (Å²) in [6.07, 6.45) is 6.79. The number of carbonyl (C=O) groups is 1. The fourth-order valence-corrected chi connectivity index (χ4v) is 1.00. The Kier molecular flexibility index (Phi) is 3.99. The summed E-state index contributed by atoms with van der Waals surface area (Å²) in [5.74, 6) is -0.543. The Morgan fingerprint density at radius 3 is 2.67 bits per heavy atom. The highest BCUT2D eigenvalue weighted by molar-refractivity contribution is 5.66. The van der Waals surface area contributed by atoms with E-state index < -0.39 is 5.82 Å². The molecule has 0 heterocycles. The van der Waals surface area contributed by atoms with Gasteiger partial charge in [0.1, 0.15) is 18.2 Å². The van der Waals surface area contributed by atoms with Gasteiger partial charge in [-0.1, -0.05) is 24.3 Å². The lowest BCUT2D eigenvalue weighted by atomic mass is 10.1. The van der Waals surface area contributed by atoms with Crippen LogP contribution in [-0.2, 0) is 4.79 Å². The van der Waals surface area contributed by atoms with Crippen LogP contribution in [0.2, 0.25) is 0 Å². The third-order valence-electron chi connectivity index (χ3n) is 1.70. The molecule has 0 saturated carbocycles. The summed E-state index contributed by atoms with van der Waals surface area (Å²) in [5.41, 5.74) is 0.664. The van der Waals surface area contributed by atoms with Gasteiger partial charge in [-0.2, -0.15) is 5.26 Å². The molecule has 3 heteroatoms. The van der Waals surface area contributed by atoms with Gasteiger partial charge in [0.15, 0.2) is 0 Å². The second kappa shape index (κ2) is 5.51. The zero-order valence-electron chi connectivity index (χ0n) is 7.85. The standard InChI is InChI=1S/C12H8FNO/c13-12-8-10(4-2-1-3-7-15)5-6-11(12)9-14/h1-8H/b3-1+,4-2+. The SMILES string of the molecule is N#Cc1ccc(/C=C/C=C/C=O)cc1F. The number of hydrogen-bond donors (Lipinski definition) is 0. The van der Waals surface area contributed by atoms with Crippen LogP contribution in [0.25, 0.3) is 6.08 Å². The van der Waals surface area contributed by atoms with E-state index in [1.807, 2.05) is 0 Å². The van der Waals surface area contributed by atoms with Gasteiger partial charge in [-0.05, 0) is 23.8 Å². The number of aldehydes is 1. The fourth-order valence-electron chi connectivity index (χ4n) is 1.00. The number of halogens is 1. The fraction of sp³-hybridized carbons (Fsp3) is 0. The summed E-state index contributed by atoms with van der Waals surface area (Å²) in [6, 6.07) is 6.05. The Bertz CT molecular complexity index is 455. The van der Waals surface area contributed by atoms with E-state index in [0.29, 0.717) is 11.8 Å². The molecular formula is C12H8FNO. The lowest BCUT2D eigenvalue weighted by Crippen LogP contribution is -1.83. The van der Waals surface area contributed by atoms with Crippen LogP contribution < -0.4 is 0 Å². The molecule has 0 aliphatic heterocycles. The van der Waals surface area contributed by atoms with E-state index in [-0.39, 0.29) is 5.56 Å². The molecular weight excluding hydrogens is 193 g/mol. The Hall–Kier alpha value is -2.21. The predicted molar refractivity (Wildman–Crippen MR) is 55.4 cm³/mol. The van der Waals surface area contributed by atoms with Gasteiger partial charge in [-0.25, -0.2) is 4.39 Å². The molecule has 0 spiro atoms. The van der Waals surface area contributed by atoms with E-state index in [1.165, 1.54) is 18.2 Å². The van der Waals surface area contributed by atoms with Gasteiger partial charge >= 0.3 is 0 Å². The van der Waals surface area contributed by atoms with Crippen molar-refractivity contribution in [2.24, 2.45) is 0 Å². The minimum Gasteiger partial charge on any atom is -0.299 e. The van der Waals surface area contributed by atoms with Crippen molar-refractivity contribution in [3.05, 3.63) is 53.4 Å². The highest BCUT2D eigenvalue weighted by atomic mass is 19.1. The Balaban J connectivity index is 2.85. The van der Waals surface area contributed by atoms with Gasteiger partial charge in [-0.15, -0.1) is 0 Å². The first-order valence-electron chi connectivity index (χ1n) is 4.26. The van der Waals surface area contributed by atoms with Crippen LogP contribution in [0.5, 0.6) is 0 Å². The van der Waals surface area contributed by atoms with Crippen molar-refractivity contribution in [2.75, 3.05) is 0 Å². The molecule has 0 unspecified atom stereocenters. The zero-order chi connectivity index (χ0) is 11.1. The van der Waals surface area contributed by atoms with Crippen molar-refractivity contribution in [3.63, 3.8) is 0 Å². The lowest BCUT2D eigenvalue weighted by Gasteiger charge is -1.94. The summed E-state index contributed by atoms with van der Waals surface area (Å²) in [5, 5.41) is 8.50. The van der Waals surface area contributed by atoms with Crippen molar-refractivity contribution < 1.29 is 9.18 Å². The highest BCUT2D eigenvalue weighted by Crippen LogP contribution is 2.10. The second-order valence-corrected chi connectivity index (χ2v) is 2.73. The molecule has 0 aliphatic carbocycles. The van der Waals surface area contributed by atoms with Gasteiger partial charge < -0.3 is 0 Å². The molecule has 1 rings (SSSR count). The molecule has 0 fully saturated rings. The summed E-state index contributed by atoms with van der Waals surface area (Å²) < 4.78 is 13.1. The van der Waals surface area contributed by atoms with Gasteiger partial charge in [0.05, 0.1) is 5.56 Å². The minimum absolute atomic E-state index is 0.0237. The number of allylic oxidation sites excluding steroid dienone is 3. The molecule has 2 nitrogen and oxygen atoms in total. The monoisotopic (exact) mass is 201 g/mol. The average molecular weight is 201 g/mol. The van der Waals surface area contributed by atoms with Crippen LogP contribution in [0.1, 0.15) is 11.1 Å². The molecule has 74 valence electrons. The van der Waals surface area contributed by atoms with Crippen LogP contribution in [0.4, 0.5) is 4.39 Å². The van der Waals surface area contributed by atoms with E-state index >= 15 is 0 Å². The van der Waals surface area contributed by atoms with Crippen molar-refractivity contribution in [1.82, 2.24) is 0 Å². The first kappa shape index (κ1) is 10.9. The maximum atomic E-state index is 13.1. The number of hydrogen-bond acceptors (Lipinski definition) is 2. The smallest absolute Gasteiger partial charge is 0.142 e. The van der Waals surface area contributed by atoms with Crippen molar-refractivity contribution >= 4 is 12.4 Å². The van der Waals surface area contributed by atoms with Crippen LogP contribution in [0, 0.1) is 17.1 Å². The van der Waals surface area contributed by atoms with Crippen LogP contribution >= 0.6 is 0 Å². The molecule has 0 bridgehead atoms. The van der Waals surface area contributed by atoms with Crippen molar-refractivity contribution in [1.29, 1.82) is 5.26 Å². The van der Waals surface area contributed by atoms with E-state index in [1.54, 1.807) is 30.4 Å². The predicted octanol–water partition coefficient (Wildman–Crippen LogP) is 2.47. The van der Waals surface area contributed by atoms with Gasteiger partial charge in [0, 0.05) is 0 Å². The van der Waals surface area contributed by atoms with E-state index in [9.17, 15) is 9.18 Å². The number of rotatable bonds is 3. The molecule has 0 aromatic heterocycles. The van der Waals surface area contributed by atoms with E-state index in [0.717, 1.165) is 0 Å². The molecule has 0 amide bonds. The largest absolute Gasteiger partial charge is 0.299 e. The molecule has 0 radical (unpaired) electrons. The molecule has 0 N–H and O–H groups in total. The third-order valence-corrected chi connectivity index (χ3v) is 1.70. The minimum atomic E-state index is -0.543. The Labute approximate surface area is 87.0 Å². The summed E-state index contributed by atoms with van der Waals surface area (Å²) in [7, 11) is 0. The Morgan fingerprint density at radius 2 is 2.07 bits per heavy atom. The number of nitriles is 1. The molecule has 0 atom stereocenters. The molecule has 1 aromatic rings. The van der Waals surface area contributed by atoms with E-state index in [4.69, 9.17) is 5.26 Å².